The molecule has 21 heavy (non-hydrogen) atoms. The highest BCUT2D eigenvalue weighted by Crippen LogP contribution is 2.26. The van der Waals surface area contributed by atoms with Gasteiger partial charge in [-0.3, -0.25) is 0 Å². The Morgan fingerprint density at radius 2 is 1.24 bits per heavy atom. The molecule has 0 aromatic heterocycles. The Morgan fingerprint density at radius 1 is 0.714 bits per heavy atom. The maximum absolute atomic E-state index is 2.26. The van der Waals surface area contributed by atoms with Crippen LogP contribution in [0.5, 0.6) is 0 Å². The Bertz CT molecular complexity index is 466. The van der Waals surface area contributed by atoms with Gasteiger partial charge in [-0.15, -0.1) is 0 Å². The molecule has 0 N–H and O–H groups in total. The lowest BCUT2D eigenvalue weighted by atomic mass is 9.85. The first-order valence-electron chi connectivity index (χ1n) is 8.46. The van der Waals surface area contributed by atoms with Crippen molar-refractivity contribution >= 4 is 0 Å². The average molecular weight is 280 g/mol. The summed E-state index contributed by atoms with van der Waals surface area (Å²) in [6.07, 6.45) is 9.73. The largest absolute Gasteiger partial charge is 0.0622 e. The predicted molar refractivity (Wildman–Crippen MR) is 92.5 cm³/mol. The SMILES string of the molecule is CCc1ccccc1.c1ccc(CC2CCCCC2)cc1. The Hall–Kier alpha value is -1.56. The Balaban J connectivity index is 0.000000173. The average Bonchev–Trinajstić information content (AvgIpc) is 2.58. The highest BCUT2D eigenvalue weighted by Gasteiger charge is 2.13. The minimum absolute atomic E-state index is 0.969. The standard InChI is InChI=1S/C13H18.C8H10/c1-3-7-12(8-4-1)11-13-9-5-2-6-10-13;1-2-8-6-4-3-5-7-8/h1,3-4,7-8,13H,2,5-6,9-11H2;3-7H,2H2,1H3. The van der Waals surface area contributed by atoms with Gasteiger partial charge in [-0.05, 0) is 29.9 Å². The monoisotopic (exact) mass is 280 g/mol. The fourth-order valence-electron chi connectivity index (χ4n) is 3.05. The second-order valence-corrected chi connectivity index (χ2v) is 6.03. The molecule has 2 aromatic carbocycles. The molecule has 0 amide bonds. The van der Waals surface area contributed by atoms with E-state index in [2.05, 4.69) is 61.5 Å². The molecule has 0 unspecified atom stereocenters. The quantitative estimate of drug-likeness (QED) is 0.641. The highest BCUT2D eigenvalue weighted by molar-refractivity contribution is 5.15. The predicted octanol–water partition coefficient (Wildman–Crippen LogP) is 6.06. The van der Waals surface area contributed by atoms with E-state index in [9.17, 15) is 0 Å². The molecular weight excluding hydrogens is 252 g/mol. The number of hydrogen-bond donors (Lipinski definition) is 0. The summed E-state index contributed by atoms with van der Waals surface area (Å²) < 4.78 is 0. The third-order valence-corrected chi connectivity index (χ3v) is 4.34. The lowest BCUT2D eigenvalue weighted by Crippen LogP contribution is -2.08. The van der Waals surface area contributed by atoms with E-state index in [1.54, 1.807) is 0 Å². The molecule has 1 saturated carbocycles. The maximum Gasteiger partial charge on any atom is -0.0250 e. The molecule has 0 nitrogen and oxygen atoms in total. The number of aryl methyl sites for hydroxylation is 1. The molecule has 0 heteroatoms. The van der Waals surface area contributed by atoms with E-state index in [-0.39, 0.29) is 0 Å². The topological polar surface area (TPSA) is 0 Å². The van der Waals surface area contributed by atoms with Gasteiger partial charge in [-0.2, -0.15) is 0 Å². The number of benzene rings is 2. The minimum atomic E-state index is 0.969. The number of hydrogen-bond acceptors (Lipinski definition) is 0. The van der Waals surface area contributed by atoms with Crippen LogP contribution in [0, 0.1) is 5.92 Å². The van der Waals surface area contributed by atoms with Crippen molar-refractivity contribution in [2.24, 2.45) is 5.92 Å². The summed E-state index contributed by atoms with van der Waals surface area (Å²) in [4.78, 5) is 0. The summed E-state index contributed by atoms with van der Waals surface area (Å²) in [5, 5.41) is 0. The fourth-order valence-corrected chi connectivity index (χ4v) is 3.05. The summed E-state index contributed by atoms with van der Waals surface area (Å²) in [5.41, 5.74) is 2.93. The van der Waals surface area contributed by atoms with Crippen molar-refractivity contribution in [1.82, 2.24) is 0 Å². The third kappa shape index (κ3) is 6.16. The van der Waals surface area contributed by atoms with Crippen LogP contribution >= 0.6 is 0 Å². The van der Waals surface area contributed by atoms with Crippen molar-refractivity contribution in [3.8, 4) is 0 Å². The van der Waals surface area contributed by atoms with Crippen molar-refractivity contribution < 1.29 is 0 Å². The zero-order valence-electron chi connectivity index (χ0n) is 13.3. The van der Waals surface area contributed by atoms with Gasteiger partial charge < -0.3 is 0 Å². The second kappa shape index (κ2) is 9.39. The molecule has 0 atom stereocenters. The van der Waals surface area contributed by atoms with E-state index in [0.29, 0.717) is 0 Å². The molecule has 112 valence electrons. The van der Waals surface area contributed by atoms with Crippen LogP contribution < -0.4 is 0 Å². The first-order valence-corrected chi connectivity index (χ1v) is 8.46. The van der Waals surface area contributed by atoms with Gasteiger partial charge in [0, 0.05) is 0 Å². The van der Waals surface area contributed by atoms with Crippen LogP contribution in [0.25, 0.3) is 0 Å². The molecule has 1 aliphatic rings. The van der Waals surface area contributed by atoms with Gasteiger partial charge in [0.05, 0.1) is 0 Å². The van der Waals surface area contributed by atoms with Crippen LogP contribution in [0.3, 0.4) is 0 Å². The van der Waals surface area contributed by atoms with Crippen molar-refractivity contribution in [2.45, 2.75) is 51.9 Å². The highest BCUT2D eigenvalue weighted by atomic mass is 14.2. The molecule has 3 rings (SSSR count). The first kappa shape index (κ1) is 15.8. The summed E-state index contributed by atoms with van der Waals surface area (Å²) in [6.45, 7) is 2.16. The molecule has 0 bridgehead atoms. The lowest BCUT2D eigenvalue weighted by molar-refractivity contribution is 0.356. The van der Waals surface area contributed by atoms with Crippen LogP contribution in [-0.2, 0) is 12.8 Å². The molecule has 1 fully saturated rings. The molecule has 0 radical (unpaired) electrons. The molecule has 0 saturated heterocycles. The molecule has 0 aliphatic heterocycles. The smallest absolute Gasteiger partial charge is 0.0250 e. The Labute approximate surface area is 130 Å². The molecule has 0 spiro atoms. The Morgan fingerprint density at radius 3 is 1.71 bits per heavy atom. The summed E-state index contributed by atoms with van der Waals surface area (Å²) >= 11 is 0. The van der Waals surface area contributed by atoms with Crippen LogP contribution in [0.4, 0.5) is 0 Å². The van der Waals surface area contributed by atoms with Crippen molar-refractivity contribution in [3.05, 3.63) is 71.8 Å². The van der Waals surface area contributed by atoms with E-state index >= 15 is 0 Å². The Kier molecular flexibility index (Phi) is 7.07. The van der Waals surface area contributed by atoms with Crippen molar-refractivity contribution in [1.29, 1.82) is 0 Å². The van der Waals surface area contributed by atoms with Crippen molar-refractivity contribution in [2.75, 3.05) is 0 Å². The van der Waals surface area contributed by atoms with Gasteiger partial charge >= 0.3 is 0 Å². The molecule has 1 aliphatic carbocycles. The normalized spacial score (nSPS) is 15.1. The van der Waals surface area contributed by atoms with Gasteiger partial charge in [0.2, 0.25) is 0 Å². The fraction of sp³-hybridized carbons (Fsp3) is 0.429. The van der Waals surface area contributed by atoms with Gasteiger partial charge in [0.15, 0.2) is 0 Å². The van der Waals surface area contributed by atoms with E-state index in [4.69, 9.17) is 0 Å². The van der Waals surface area contributed by atoms with Gasteiger partial charge in [0.1, 0.15) is 0 Å². The van der Waals surface area contributed by atoms with Gasteiger partial charge in [-0.25, -0.2) is 0 Å². The van der Waals surface area contributed by atoms with Crippen LogP contribution in [-0.4, -0.2) is 0 Å². The molecule has 2 aromatic rings. The van der Waals surface area contributed by atoms with E-state index < -0.39 is 0 Å². The van der Waals surface area contributed by atoms with E-state index in [1.807, 2.05) is 6.07 Å². The molecule has 0 heterocycles. The zero-order valence-corrected chi connectivity index (χ0v) is 13.3. The van der Waals surface area contributed by atoms with Gasteiger partial charge in [-0.1, -0.05) is 99.7 Å². The first-order chi connectivity index (χ1) is 10.4. The van der Waals surface area contributed by atoms with Gasteiger partial charge in [0.25, 0.3) is 0 Å². The van der Waals surface area contributed by atoms with Crippen molar-refractivity contribution in [3.63, 3.8) is 0 Å². The lowest BCUT2D eigenvalue weighted by Gasteiger charge is -2.21. The van der Waals surface area contributed by atoms with E-state index in [1.165, 1.54) is 49.7 Å². The van der Waals surface area contributed by atoms with Crippen LogP contribution in [0.15, 0.2) is 60.7 Å². The number of rotatable bonds is 3. The van der Waals surface area contributed by atoms with Crippen LogP contribution in [0.2, 0.25) is 0 Å². The summed E-state index contributed by atoms with van der Waals surface area (Å²) in [6, 6.07) is 21.4. The van der Waals surface area contributed by atoms with E-state index in [0.717, 1.165) is 12.3 Å². The second-order valence-electron chi connectivity index (χ2n) is 6.03. The zero-order chi connectivity index (χ0) is 14.8. The summed E-state index contributed by atoms with van der Waals surface area (Å²) in [5.74, 6) is 0.969. The third-order valence-electron chi connectivity index (χ3n) is 4.34. The summed E-state index contributed by atoms with van der Waals surface area (Å²) in [7, 11) is 0. The van der Waals surface area contributed by atoms with Crippen LogP contribution in [0.1, 0.15) is 50.2 Å². The minimum Gasteiger partial charge on any atom is -0.0622 e. The maximum atomic E-state index is 2.26. The molecular formula is C21H28.